The molecule has 0 N–H and O–H groups in total. The van der Waals surface area contributed by atoms with E-state index in [1.807, 2.05) is 17.9 Å². The van der Waals surface area contributed by atoms with Gasteiger partial charge < -0.3 is 9.30 Å². The summed E-state index contributed by atoms with van der Waals surface area (Å²) in [5, 5.41) is 0. The fourth-order valence-corrected chi connectivity index (χ4v) is 3.56. The molecular formula is C15H27N5O. The number of imidazole rings is 1. The molecule has 2 aliphatic heterocycles. The zero-order chi connectivity index (χ0) is 15.0. The number of likely N-dealkylation sites (N-methyl/N-ethyl adjacent to an activating group) is 3. The van der Waals surface area contributed by atoms with E-state index in [9.17, 15) is 0 Å². The molecule has 3 heterocycles. The van der Waals surface area contributed by atoms with Crippen LogP contribution in [-0.4, -0.2) is 90.3 Å². The van der Waals surface area contributed by atoms with Crippen LogP contribution in [0.3, 0.4) is 0 Å². The van der Waals surface area contributed by atoms with Crippen LogP contribution in [0, 0.1) is 0 Å². The Morgan fingerprint density at radius 3 is 2.52 bits per heavy atom. The van der Waals surface area contributed by atoms with Gasteiger partial charge >= 0.3 is 0 Å². The molecule has 0 spiro atoms. The maximum Gasteiger partial charge on any atom is 0.0947 e. The van der Waals surface area contributed by atoms with Crippen molar-refractivity contribution in [1.82, 2.24) is 24.3 Å². The Morgan fingerprint density at radius 2 is 1.86 bits per heavy atom. The Kier molecular flexibility index (Phi) is 4.31. The number of hydrogen-bond donors (Lipinski definition) is 0. The smallest absolute Gasteiger partial charge is 0.0947 e. The van der Waals surface area contributed by atoms with Crippen molar-refractivity contribution in [3.8, 4) is 0 Å². The van der Waals surface area contributed by atoms with E-state index in [1.165, 1.54) is 5.69 Å². The van der Waals surface area contributed by atoms with Gasteiger partial charge in [-0.2, -0.15) is 0 Å². The van der Waals surface area contributed by atoms with Crippen molar-refractivity contribution in [2.24, 2.45) is 7.05 Å². The molecule has 0 radical (unpaired) electrons. The van der Waals surface area contributed by atoms with E-state index in [-0.39, 0.29) is 0 Å². The fourth-order valence-electron chi connectivity index (χ4n) is 3.56. The van der Waals surface area contributed by atoms with Gasteiger partial charge in [-0.05, 0) is 21.1 Å². The van der Waals surface area contributed by atoms with Crippen LogP contribution in [0.25, 0.3) is 0 Å². The Balaban J connectivity index is 1.71. The van der Waals surface area contributed by atoms with E-state index in [2.05, 4.69) is 47.0 Å². The number of nitrogens with zero attached hydrogens (tertiary/aromatic N) is 5. The molecule has 2 aliphatic rings. The summed E-state index contributed by atoms with van der Waals surface area (Å²) >= 11 is 0. The second-order valence-corrected chi connectivity index (χ2v) is 6.55. The predicted molar refractivity (Wildman–Crippen MR) is 82.2 cm³/mol. The largest absolute Gasteiger partial charge is 0.378 e. The van der Waals surface area contributed by atoms with E-state index in [4.69, 9.17) is 4.74 Å². The van der Waals surface area contributed by atoms with Gasteiger partial charge in [-0.3, -0.25) is 14.7 Å². The van der Waals surface area contributed by atoms with E-state index >= 15 is 0 Å². The maximum absolute atomic E-state index is 5.70. The maximum atomic E-state index is 5.70. The number of aromatic nitrogens is 2. The van der Waals surface area contributed by atoms with Crippen LogP contribution in [0.5, 0.6) is 0 Å². The van der Waals surface area contributed by atoms with Crippen molar-refractivity contribution in [2.75, 3.05) is 54.0 Å². The molecule has 118 valence electrons. The molecule has 0 saturated carbocycles. The first-order valence-electron chi connectivity index (χ1n) is 7.72. The summed E-state index contributed by atoms with van der Waals surface area (Å²) in [5.41, 5.74) is 1.17. The number of piperazine rings is 1. The monoisotopic (exact) mass is 293 g/mol. The molecule has 6 nitrogen and oxygen atoms in total. The van der Waals surface area contributed by atoms with E-state index < -0.39 is 0 Å². The molecule has 2 fully saturated rings. The second-order valence-electron chi connectivity index (χ2n) is 6.55. The topological polar surface area (TPSA) is 36.8 Å². The van der Waals surface area contributed by atoms with Gasteiger partial charge in [-0.15, -0.1) is 0 Å². The normalized spacial score (nSPS) is 33.4. The summed E-state index contributed by atoms with van der Waals surface area (Å²) in [6.45, 7) is 4.80. The Labute approximate surface area is 127 Å². The minimum absolute atomic E-state index is 0.377. The van der Waals surface area contributed by atoms with Crippen LogP contribution in [0.15, 0.2) is 12.5 Å². The lowest BCUT2D eigenvalue weighted by molar-refractivity contribution is -0.0550. The van der Waals surface area contributed by atoms with Crippen LogP contribution >= 0.6 is 0 Å². The zero-order valence-corrected chi connectivity index (χ0v) is 13.6. The highest BCUT2D eigenvalue weighted by Gasteiger charge is 2.38. The van der Waals surface area contributed by atoms with Gasteiger partial charge in [0.15, 0.2) is 0 Å². The molecule has 3 unspecified atom stereocenters. The van der Waals surface area contributed by atoms with Crippen molar-refractivity contribution in [3.05, 3.63) is 18.2 Å². The molecule has 2 saturated heterocycles. The average molecular weight is 293 g/mol. The minimum Gasteiger partial charge on any atom is -0.378 e. The first-order valence-corrected chi connectivity index (χ1v) is 7.72. The number of ether oxygens (including phenoxy) is 1. The summed E-state index contributed by atoms with van der Waals surface area (Å²) in [4.78, 5) is 11.9. The van der Waals surface area contributed by atoms with E-state index in [0.29, 0.717) is 18.1 Å². The van der Waals surface area contributed by atoms with Gasteiger partial charge in [0.25, 0.3) is 0 Å². The second kappa shape index (κ2) is 6.04. The number of aryl methyl sites for hydroxylation is 1. The fraction of sp³-hybridized carbons (Fsp3) is 0.800. The zero-order valence-electron chi connectivity index (χ0n) is 13.6. The molecule has 0 aromatic carbocycles. The summed E-state index contributed by atoms with van der Waals surface area (Å²) in [7, 11) is 8.69. The third kappa shape index (κ3) is 2.99. The van der Waals surface area contributed by atoms with Crippen molar-refractivity contribution in [2.45, 2.75) is 18.1 Å². The van der Waals surface area contributed by atoms with Crippen molar-refractivity contribution in [1.29, 1.82) is 0 Å². The summed E-state index contributed by atoms with van der Waals surface area (Å²) < 4.78 is 7.73. The van der Waals surface area contributed by atoms with Gasteiger partial charge in [-0.1, -0.05) is 0 Å². The molecule has 0 aliphatic carbocycles. The lowest BCUT2D eigenvalue weighted by Crippen LogP contribution is -2.62. The van der Waals surface area contributed by atoms with Crippen LogP contribution in [0.2, 0.25) is 0 Å². The molecule has 1 aromatic rings. The van der Waals surface area contributed by atoms with Gasteiger partial charge in [0.2, 0.25) is 0 Å². The lowest BCUT2D eigenvalue weighted by Gasteiger charge is -2.48. The van der Waals surface area contributed by atoms with E-state index in [0.717, 1.165) is 32.8 Å². The van der Waals surface area contributed by atoms with E-state index in [1.54, 1.807) is 0 Å². The van der Waals surface area contributed by atoms with Crippen LogP contribution in [-0.2, 0) is 11.8 Å². The number of hydrogen-bond acceptors (Lipinski definition) is 5. The van der Waals surface area contributed by atoms with Crippen molar-refractivity contribution < 1.29 is 4.74 Å². The average Bonchev–Trinajstić information content (AvgIpc) is 2.88. The summed E-state index contributed by atoms with van der Waals surface area (Å²) in [5.74, 6) is 0. The Bertz CT molecular complexity index is 476. The highest BCUT2D eigenvalue weighted by Crippen LogP contribution is 2.27. The molecule has 1 aromatic heterocycles. The van der Waals surface area contributed by atoms with Gasteiger partial charge in [0, 0.05) is 45.0 Å². The predicted octanol–water partition coefficient (Wildman–Crippen LogP) is 0.0376. The molecule has 0 bridgehead atoms. The number of morpholine rings is 1. The first-order chi connectivity index (χ1) is 10.1. The molecule has 21 heavy (non-hydrogen) atoms. The lowest BCUT2D eigenvalue weighted by atomic mass is 9.98. The summed E-state index contributed by atoms with van der Waals surface area (Å²) in [6, 6.07) is 1.37. The number of rotatable bonds is 2. The third-order valence-electron chi connectivity index (χ3n) is 4.99. The van der Waals surface area contributed by atoms with Crippen molar-refractivity contribution >= 4 is 0 Å². The molecule has 6 heteroatoms. The molecule has 3 atom stereocenters. The SMILES string of the molecule is CN1CC(C2COCCN2C)N(C)CC1c1cn(C)cn1. The summed E-state index contributed by atoms with van der Waals surface area (Å²) in [6.07, 6.45) is 4.02. The highest BCUT2D eigenvalue weighted by molar-refractivity contribution is 5.08. The minimum atomic E-state index is 0.377. The molecule has 0 amide bonds. The molecule has 3 rings (SSSR count). The van der Waals surface area contributed by atoms with Gasteiger partial charge in [0.1, 0.15) is 0 Å². The highest BCUT2D eigenvalue weighted by atomic mass is 16.5. The third-order valence-corrected chi connectivity index (χ3v) is 4.99. The quantitative estimate of drug-likeness (QED) is 0.769. The van der Waals surface area contributed by atoms with Crippen LogP contribution in [0.1, 0.15) is 11.7 Å². The van der Waals surface area contributed by atoms with Gasteiger partial charge in [0.05, 0.1) is 31.3 Å². The standard InChI is InChI=1S/C15H27N5O/c1-17-7-12(16-11-17)13-8-20(4)14(9-19(13)3)15-10-21-6-5-18(15)2/h7,11,13-15H,5-6,8-10H2,1-4H3. The van der Waals surface area contributed by atoms with Crippen LogP contribution < -0.4 is 0 Å². The van der Waals surface area contributed by atoms with Gasteiger partial charge in [-0.25, -0.2) is 4.98 Å². The Morgan fingerprint density at radius 1 is 1.05 bits per heavy atom. The molecular weight excluding hydrogens is 266 g/mol. The first kappa shape index (κ1) is 15.0. The van der Waals surface area contributed by atoms with Crippen LogP contribution in [0.4, 0.5) is 0 Å². The Hall–Kier alpha value is -0.950. The van der Waals surface area contributed by atoms with Crippen molar-refractivity contribution in [3.63, 3.8) is 0 Å².